The molecule has 3 atom stereocenters. The number of aliphatic hydroxyl groups is 2. The van der Waals surface area contributed by atoms with Crippen molar-refractivity contribution < 1.29 is 43.1 Å². The van der Waals surface area contributed by atoms with Gasteiger partial charge in [0.25, 0.3) is 0 Å². The predicted molar refractivity (Wildman–Crippen MR) is 147 cm³/mol. The Labute approximate surface area is 236 Å². The van der Waals surface area contributed by atoms with E-state index < -0.39 is 29.3 Å². The Kier molecular flexibility index (Phi) is 7.13. The zero-order valence-corrected chi connectivity index (χ0v) is 22.9. The number of anilines is 1. The molecule has 9 nitrogen and oxygen atoms in total. The molecule has 6 rings (SSSR count). The summed E-state index contributed by atoms with van der Waals surface area (Å²) in [7, 11) is 0. The molecule has 3 N–H and O–H groups in total. The minimum absolute atomic E-state index is 0.00427. The van der Waals surface area contributed by atoms with Gasteiger partial charge in [-0.1, -0.05) is 19.9 Å². The Bertz CT molecular complexity index is 1420. The predicted octanol–water partition coefficient (Wildman–Crippen LogP) is 4.08. The van der Waals surface area contributed by atoms with Crippen molar-refractivity contribution in [2.75, 3.05) is 31.9 Å². The van der Waals surface area contributed by atoms with Crippen molar-refractivity contribution in [2.24, 2.45) is 0 Å². The van der Waals surface area contributed by atoms with Gasteiger partial charge in [-0.05, 0) is 43.2 Å². The van der Waals surface area contributed by atoms with Gasteiger partial charge in [0, 0.05) is 40.4 Å². The highest BCUT2D eigenvalue weighted by Gasteiger charge is 2.54. The number of ether oxygens (including phenoxy) is 5. The summed E-state index contributed by atoms with van der Waals surface area (Å²) in [5.41, 5.74) is 0.909. The molecular weight excluding hydrogens is 533 g/mol. The normalized spacial score (nSPS) is 19.7. The van der Waals surface area contributed by atoms with Crippen LogP contribution in [0, 0.1) is 5.82 Å². The van der Waals surface area contributed by atoms with Crippen LogP contribution in [0.1, 0.15) is 48.9 Å². The molecule has 10 heteroatoms. The van der Waals surface area contributed by atoms with E-state index in [2.05, 4.69) is 5.32 Å². The molecule has 0 aromatic heterocycles. The van der Waals surface area contributed by atoms with E-state index in [1.54, 1.807) is 24.3 Å². The van der Waals surface area contributed by atoms with Crippen molar-refractivity contribution in [2.45, 2.75) is 50.7 Å². The van der Waals surface area contributed by atoms with E-state index in [9.17, 15) is 19.4 Å². The largest absolute Gasteiger partial charge is 0.493 e. The third-order valence-corrected chi connectivity index (χ3v) is 7.85. The Hall–Kier alpha value is -4.02. The molecule has 41 heavy (non-hydrogen) atoms. The van der Waals surface area contributed by atoms with Gasteiger partial charge in [0.15, 0.2) is 11.5 Å². The highest BCUT2D eigenvalue weighted by molar-refractivity contribution is 6.12. The second-order valence-electron chi connectivity index (χ2n) is 10.4. The minimum Gasteiger partial charge on any atom is -0.493 e. The van der Waals surface area contributed by atoms with E-state index in [1.807, 2.05) is 19.9 Å². The topological polar surface area (TPSA) is 116 Å². The van der Waals surface area contributed by atoms with Crippen LogP contribution in [0.5, 0.6) is 28.7 Å². The third-order valence-electron chi connectivity index (χ3n) is 7.85. The lowest BCUT2D eigenvalue weighted by Gasteiger charge is -2.33. The summed E-state index contributed by atoms with van der Waals surface area (Å²) in [5.74, 6) is 1.15. The fourth-order valence-electron chi connectivity index (χ4n) is 5.52. The van der Waals surface area contributed by atoms with E-state index in [0.29, 0.717) is 71.2 Å². The number of nitrogens with one attached hydrogen (secondary N) is 1. The lowest BCUT2D eigenvalue weighted by molar-refractivity contribution is -0.118. The SMILES string of the molecule is CC[C@@H](O)COc1cc2c(cc1C1(c3cc4c(cc3OC[C@H](O)CC)OCO4)C(=O)Nc3cc(F)ccc31)OCC2. The number of fused-ring (bicyclic) bond motifs is 3. The van der Waals surface area contributed by atoms with Crippen molar-refractivity contribution in [1.82, 2.24) is 0 Å². The van der Waals surface area contributed by atoms with Gasteiger partial charge in [0.05, 0.1) is 18.8 Å². The second-order valence-corrected chi connectivity index (χ2v) is 10.4. The van der Waals surface area contributed by atoms with E-state index in [-0.39, 0.29) is 25.8 Å². The van der Waals surface area contributed by atoms with Crippen LogP contribution in [0.15, 0.2) is 42.5 Å². The molecule has 3 aliphatic rings. The highest BCUT2D eigenvalue weighted by Crippen LogP contribution is 2.56. The highest BCUT2D eigenvalue weighted by atomic mass is 19.1. The smallest absolute Gasteiger partial charge is 0.244 e. The molecule has 3 aromatic carbocycles. The summed E-state index contributed by atoms with van der Waals surface area (Å²) in [5, 5.41) is 23.5. The Balaban J connectivity index is 1.64. The molecular formula is C31H32FNO8. The molecule has 3 heterocycles. The summed E-state index contributed by atoms with van der Waals surface area (Å²) in [6, 6.07) is 11.1. The lowest BCUT2D eigenvalue weighted by Crippen LogP contribution is -2.38. The van der Waals surface area contributed by atoms with Gasteiger partial charge in [0.1, 0.15) is 41.7 Å². The van der Waals surface area contributed by atoms with Crippen LogP contribution in [0.25, 0.3) is 0 Å². The number of carbonyl (C=O) groups is 1. The van der Waals surface area contributed by atoms with Gasteiger partial charge in [-0.3, -0.25) is 4.79 Å². The molecule has 3 aromatic rings. The lowest BCUT2D eigenvalue weighted by atomic mass is 9.69. The summed E-state index contributed by atoms with van der Waals surface area (Å²) >= 11 is 0. The van der Waals surface area contributed by atoms with Crippen LogP contribution >= 0.6 is 0 Å². The number of amides is 1. The van der Waals surface area contributed by atoms with Crippen LogP contribution in [-0.2, 0) is 16.6 Å². The fourth-order valence-corrected chi connectivity index (χ4v) is 5.52. The van der Waals surface area contributed by atoms with Gasteiger partial charge in [-0.2, -0.15) is 0 Å². The van der Waals surface area contributed by atoms with Crippen molar-refractivity contribution in [3.8, 4) is 28.7 Å². The molecule has 0 aliphatic carbocycles. The van der Waals surface area contributed by atoms with Gasteiger partial charge in [0.2, 0.25) is 12.7 Å². The number of hydrogen-bond acceptors (Lipinski definition) is 8. The van der Waals surface area contributed by atoms with Crippen LogP contribution < -0.4 is 29.0 Å². The number of benzene rings is 3. The van der Waals surface area contributed by atoms with E-state index in [0.717, 1.165) is 5.56 Å². The van der Waals surface area contributed by atoms with E-state index in [4.69, 9.17) is 23.7 Å². The zero-order valence-electron chi connectivity index (χ0n) is 22.9. The molecule has 0 bridgehead atoms. The van der Waals surface area contributed by atoms with Gasteiger partial charge >= 0.3 is 0 Å². The maximum Gasteiger partial charge on any atom is 0.244 e. The molecule has 0 spiro atoms. The summed E-state index contributed by atoms with van der Waals surface area (Å²) < 4.78 is 44.1. The van der Waals surface area contributed by atoms with Crippen molar-refractivity contribution in [3.05, 3.63) is 70.5 Å². The standard InChI is InChI=1S/C31H32FNO8/c1-3-19(34)14-38-26-9-17-7-8-37-25(17)11-22(26)31(21-6-5-18(32)10-24(21)33-30(31)36)23-12-28-29(41-16-40-28)13-27(23)39-15-20(35)4-2/h5-6,9-13,19-20,34-35H,3-4,7-8,14-16H2,1-2H3,(H,33,36)/t19-,20-,31?/m1/s1. The van der Waals surface area contributed by atoms with Gasteiger partial charge in [-0.15, -0.1) is 0 Å². The molecule has 0 saturated heterocycles. The molecule has 1 unspecified atom stereocenters. The number of rotatable bonds is 10. The molecule has 216 valence electrons. The minimum atomic E-state index is -1.61. The third kappa shape index (κ3) is 4.61. The maximum absolute atomic E-state index is 14.4. The first-order chi connectivity index (χ1) is 19.8. The molecule has 0 saturated carbocycles. The monoisotopic (exact) mass is 565 g/mol. The molecule has 1 amide bonds. The average Bonchev–Trinajstić information content (AvgIpc) is 3.69. The Morgan fingerprint density at radius 2 is 1.51 bits per heavy atom. The number of aliphatic hydroxyl groups excluding tert-OH is 2. The van der Waals surface area contributed by atoms with E-state index in [1.165, 1.54) is 12.1 Å². The van der Waals surface area contributed by atoms with Gasteiger partial charge in [-0.25, -0.2) is 4.39 Å². The quantitative estimate of drug-likeness (QED) is 0.337. The van der Waals surface area contributed by atoms with Gasteiger partial charge < -0.3 is 39.2 Å². The summed E-state index contributed by atoms with van der Waals surface area (Å²) in [6.45, 7) is 4.13. The van der Waals surface area contributed by atoms with Crippen LogP contribution in [0.3, 0.4) is 0 Å². The number of carbonyl (C=O) groups excluding carboxylic acids is 1. The van der Waals surface area contributed by atoms with Crippen LogP contribution in [0.2, 0.25) is 0 Å². The first-order valence-electron chi connectivity index (χ1n) is 13.8. The first-order valence-corrected chi connectivity index (χ1v) is 13.8. The zero-order chi connectivity index (χ0) is 28.7. The number of hydrogen-bond donors (Lipinski definition) is 3. The first kappa shape index (κ1) is 27.2. The van der Waals surface area contributed by atoms with Crippen molar-refractivity contribution >= 4 is 11.6 Å². The van der Waals surface area contributed by atoms with Crippen LogP contribution in [-0.4, -0.2) is 54.9 Å². The second kappa shape index (κ2) is 10.8. The fraction of sp³-hybridized carbons (Fsp3) is 0.387. The molecule has 0 fully saturated rings. The van der Waals surface area contributed by atoms with Crippen molar-refractivity contribution in [1.29, 1.82) is 0 Å². The van der Waals surface area contributed by atoms with E-state index >= 15 is 0 Å². The molecule has 0 radical (unpaired) electrons. The summed E-state index contributed by atoms with van der Waals surface area (Å²) in [6.07, 6.45) is 0.147. The Morgan fingerprint density at radius 1 is 0.878 bits per heavy atom. The molecule has 3 aliphatic heterocycles. The maximum atomic E-state index is 14.4. The van der Waals surface area contributed by atoms with Crippen LogP contribution in [0.4, 0.5) is 10.1 Å². The Morgan fingerprint density at radius 3 is 2.20 bits per heavy atom. The number of halogens is 1. The average molecular weight is 566 g/mol. The summed E-state index contributed by atoms with van der Waals surface area (Å²) in [4.78, 5) is 14.4. The van der Waals surface area contributed by atoms with Crippen molar-refractivity contribution in [3.63, 3.8) is 0 Å².